The zero-order valence-electron chi connectivity index (χ0n) is 28.8. The molecule has 0 radical (unpaired) electrons. The fraction of sp³-hybridized carbons (Fsp3) is 0.667. The Bertz CT molecular complexity index is 965. The van der Waals surface area contributed by atoms with E-state index < -0.39 is 22.7 Å². The number of benzene rings is 1. The van der Waals surface area contributed by atoms with Crippen molar-refractivity contribution in [1.82, 2.24) is 0 Å². The summed E-state index contributed by atoms with van der Waals surface area (Å²) in [6.45, 7) is 31.2. The highest BCUT2D eigenvalue weighted by atomic mass is 28.4. The van der Waals surface area contributed by atoms with E-state index >= 15 is 0 Å². The monoisotopic (exact) mass is 600 g/mol. The lowest BCUT2D eigenvalue weighted by atomic mass is 9.97. The highest BCUT2D eigenvalue weighted by molar-refractivity contribution is 6.74. The maximum atomic E-state index is 11.5. The SMILES string of the molecule is C=CC/C=C(\C)C[C@H](C[C@@H](O)C[C@@H](CC/C(C)=C/Cc1ccccc1)O[Si](C)(C)C(C)(C)C)O[Si](C)(C)C(C)(C)C. The Labute approximate surface area is 256 Å². The highest BCUT2D eigenvalue weighted by Crippen LogP contribution is 2.40. The summed E-state index contributed by atoms with van der Waals surface area (Å²) in [5.41, 5.74) is 4.02. The normalized spacial score (nSPS) is 16.4. The summed E-state index contributed by atoms with van der Waals surface area (Å²) in [6.07, 6.45) is 11.9. The van der Waals surface area contributed by atoms with Crippen LogP contribution in [0, 0.1) is 0 Å². The summed E-state index contributed by atoms with van der Waals surface area (Å²) < 4.78 is 13.9. The summed E-state index contributed by atoms with van der Waals surface area (Å²) >= 11 is 0. The predicted octanol–water partition coefficient (Wildman–Crippen LogP) is 10.8. The fourth-order valence-electron chi connectivity index (χ4n) is 4.41. The lowest BCUT2D eigenvalue weighted by molar-refractivity contribution is 0.0443. The summed E-state index contributed by atoms with van der Waals surface area (Å²) in [5, 5.41) is 11.8. The van der Waals surface area contributed by atoms with Gasteiger partial charge in [0.05, 0.1) is 12.2 Å². The van der Waals surface area contributed by atoms with Crippen molar-refractivity contribution in [3.05, 3.63) is 71.8 Å². The quantitative estimate of drug-likeness (QED) is 0.143. The minimum Gasteiger partial charge on any atom is -0.414 e. The molecule has 0 saturated carbocycles. The van der Waals surface area contributed by atoms with Crippen LogP contribution >= 0.6 is 0 Å². The molecule has 234 valence electrons. The molecule has 5 heteroatoms. The maximum absolute atomic E-state index is 11.5. The molecule has 1 aromatic carbocycles. The van der Waals surface area contributed by atoms with E-state index in [9.17, 15) is 5.11 Å². The van der Waals surface area contributed by atoms with E-state index in [-0.39, 0.29) is 22.3 Å². The van der Waals surface area contributed by atoms with Crippen molar-refractivity contribution >= 4 is 16.6 Å². The van der Waals surface area contributed by atoms with E-state index in [1.165, 1.54) is 16.7 Å². The molecular weight excluding hydrogens is 537 g/mol. The zero-order valence-corrected chi connectivity index (χ0v) is 30.8. The van der Waals surface area contributed by atoms with Gasteiger partial charge in [-0.15, -0.1) is 6.58 Å². The molecule has 0 bridgehead atoms. The summed E-state index contributed by atoms with van der Waals surface area (Å²) in [5.74, 6) is 0. The second kappa shape index (κ2) is 16.6. The lowest BCUT2D eigenvalue weighted by Gasteiger charge is -2.41. The third-order valence-electron chi connectivity index (χ3n) is 9.18. The number of aliphatic hydroxyl groups is 1. The van der Waals surface area contributed by atoms with E-state index in [1.807, 2.05) is 6.08 Å². The van der Waals surface area contributed by atoms with Gasteiger partial charge in [-0.05, 0) is 101 Å². The smallest absolute Gasteiger partial charge is 0.192 e. The number of aliphatic hydroxyl groups excluding tert-OH is 1. The van der Waals surface area contributed by atoms with Gasteiger partial charge in [-0.1, -0.05) is 101 Å². The predicted molar refractivity (Wildman–Crippen MR) is 186 cm³/mol. The molecule has 0 aliphatic carbocycles. The third kappa shape index (κ3) is 14.2. The van der Waals surface area contributed by atoms with Gasteiger partial charge >= 0.3 is 0 Å². The van der Waals surface area contributed by atoms with Crippen LogP contribution in [-0.4, -0.2) is 40.1 Å². The molecule has 0 heterocycles. The van der Waals surface area contributed by atoms with Gasteiger partial charge in [0, 0.05) is 6.10 Å². The summed E-state index contributed by atoms with van der Waals surface area (Å²) in [4.78, 5) is 0. The van der Waals surface area contributed by atoms with Crippen LogP contribution in [0.5, 0.6) is 0 Å². The highest BCUT2D eigenvalue weighted by Gasteiger charge is 2.41. The zero-order chi connectivity index (χ0) is 31.5. The standard InChI is InChI=1S/C36H64O3Si2/c1-14-15-19-30(3)26-34(39-41(12,13)36(7,8)9)28-32(37)27-33(38-40(10,11)35(4,5)6)25-23-29(2)22-24-31-20-17-16-18-21-31/h14,16-22,32-34,37H,1,15,23-28H2,2-13H3/b29-22+,30-19+/t32-,33+,34+/m0/s1. The summed E-state index contributed by atoms with van der Waals surface area (Å²) in [7, 11) is -3.99. The first-order chi connectivity index (χ1) is 18.8. The molecule has 0 amide bonds. The maximum Gasteiger partial charge on any atom is 0.192 e. The molecule has 0 fully saturated rings. The van der Waals surface area contributed by atoms with Gasteiger partial charge in [-0.3, -0.25) is 0 Å². The Morgan fingerprint density at radius 1 is 0.829 bits per heavy atom. The Balaban J connectivity index is 3.07. The van der Waals surface area contributed by atoms with Crippen molar-refractivity contribution in [2.45, 2.75) is 155 Å². The average Bonchev–Trinajstić information content (AvgIpc) is 2.83. The van der Waals surface area contributed by atoms with Crippen LogP contribution in [0.3, 0.4) is 0 Å². The minimum absolute atomic E-state index is 0.00650. The largest absolute Gasteiger partial charge is 0.414 e. The molecule has 0 aliphatic rings. The average molecular weight is 601 g/mol. The molecule has 0 saturated heterocycles. The van der Waals surface area contributed by atoms with Crippen LogP contribution in [0.25, 0.3) is 0 Å². The van der Waals surface area contributed by atoms with Crippen molar-refractivity contribution in [2.24, 2.45) is 0 Å². The second-order valence-electron chi connectivity index (χ2n) is 15.2. The number of hydrogen-bond acceptors (Lipinski definition) is 3. The third-order valence-corrected chi connectivity index (χ3v) is 18.2. The van der Waals surface area contributed by atoms with E-state index in [2.05, 4.69) is 131 Å². The van der Waals surface area contributed by atoms with Crippen molar-refractivity contribution in [1.29, 1.82) is 0 Å². The van der Waals surface area contributed by atoms with E-state index in [1.54, 1.807) is 0 Å². The molecule has 0 aliphatic heterocycles. The number of allylic oxidation sites excluding steroid dienone is 4. The van der Waals surface area contributed by atoms with Crippen molar-refractivity contribution in [2.75, 3.05) is 0 Å². The van der Waals surface area contributed by atoms with Crippen LogP contribution in [0.2, 0.25) is 36.3 Å². The second-order valence-corrected chi connectivity index (χ2v) is 24.7. The molecule has 1 rings (SSSR count). The number of hydrogen-bond donors (Lipinski definition) is 1. The van der Waals surface area contributed by atoms with Gasteiger partial charge < -0.3 is 14.0 Å². The first kappa shape index (κ1) is 37.8. The fourth-order valence-corrected chi connectivity index (χ4v) is 7.18. The van der Waals surface area contributed by atoms with Crippen LogP contribution < -0.4 is 0 Å². The molecule has 1 N–H and O–H groups in total. The Morgan fingerprint density at radius 3 is 1.85 bits per heavy atom. The van der Waals surface area contributed by atoms with Crippen LogP contribution in [0.15, 0.2) is 66.3 Å². The van der Waals surface area contributed by atoms with Crippen LogP contribution in [0.4, 0.5) is 0 Å². The number of rotatable bonds is 17. The first-order valence-corrected chi connectivity index (χ1v) is 21.6. The van der Waals surface area contributed by atoms with Crippen LogP contribution in [0.1, 0.15) is 99.5 Å². The topological polar surface area (TPSA) is 38.7 Å². The van der Waals surface area contributed by atoms with Crippen molar-refractivity contribution in [3.63, 3.8) is 0 Å². The molecule has 0 spiro atoms. The van der Waals surface area contributed by atoms with Gasteiger partial charge in [-0.2, -0.15) is 0 Å². The van der Waals surface area contributed by atoms with Gasteiger partial charge in [0.1, 0.15) is 0 Å². The molecule has 0 unspecified atom stereocenters. The Hall–Kier alpha value is -1.25. The van der Waals surface area contributed by atoms with Crippen molar-refractivity contribution in [3.8, 4) is 0 Å². The van der Waals surface area contributed by atoms with Gasteiger partial charge in [-0.25, -0.2) is 0 Å². The van der Waals surface area contributed by atoms with Crippen molar-refractivity contribution < 1.29 is 14.0 Å². The van der Waals surface area contributed by atoms with E-state index in [4.69, 9.17) is 8.85 Å². The molecule has 1 aromatic rings. The Morgan fingerprint density at radius 2 is 1.34 bits per heavy atom. The van der Waals surface area contributed by atoms with Gasteiger partial charge in [0.15, 0.2) is 16.6 Å². The first-order valence-electron chi connectivity index (χ1n) is 15.8. The molecular formula is C36H64O3Si2. The van der Waals surface area contributed by atoms with E-state index in [0.29, 0.717) is 12.8 Å². The molecule has 41 heavy (non-hydrogen) atoms. The summed E-state index contributed by atoms with van der Waals surface area (Å²) in [6, 6.07) is 10.6. The molecule has 3 nitrogen and oxygen atoms in total. The lowest BCUT2D eigenvalue weighted by Crippen LogP contribution is -2.46. The molecule has 3 atom stereocenters. The van der Waals surface area contributed by atoms with Crippen LogP contribution in [-0.2, 0) is 15.3 Å². The van der Waals surface area contributed by atoms with Gasteiger partial charge in [0.25, 0.3) is 0 Å². The van der Waals surface area contributed by atoms with Gasteiger partial charge in [0.2, 0.25) is 0 Å². The van der Waals surface area contributed by atoms with E-state index in [0.717, 1.165) is 32.1 Å². The Kier molecular flexibility index (Phi) is 15.3. The minimum atomic E-state index is -2.00. The molecule has 0 aromatic heterocycles.